The van der Waals surface area contributed by atoms with E-state index in [1.807, 2.05) is 24.8 Å². The van der Waals surface area contributed by atoms with Gasteiger partial charge in [-0.1, -0.05) is 24.6 Å². The van der Waals surface area contributed by atoms with Gasteiger partial charge in [0, 0.05) is 31.0 Å². The van der Waals surface area contributed by atoms with Crippen LogP contribution >= 0.6 is 0 Å². The number of oxime groups is 1. The Bertz CT molecular complexity index is 1180. The fourth-order valence-electron chi connectivity index (χ4n) is 10.2. The zero-order valence-corrected chi connectivity index (χ0v) is 27.0. The molecule has 1 heterocycles. The van der Waals surface area contributed by atoms with E-state index >= 15 is 0 Å². The second-order valence-corrected chi connectivity index (χ2v) is 15.4. The van der Waals surface area contributed by atoms with Crippen LogP contribution < -0.4 is 5.32 Å². The molecule has 43 heavy (non-hydrogen) atoms. The number of amides is 1. The van der Waals surface area contributed by atoms with Crippen LogP contribution in [0.2, 0.25) is 0 Å². The van der Waals surface area contributed by atoms with Gasteiger partial charge in [-0.05, 0) is 132 Å². The van der Waals surface area contributed by atoms with Gasteiger partial charge in [0.25, 0.3) is 0 Å². The summed E-state index contributed by atoms with van der Waals surface area (Å²) in [6.07, 6.45) is 14.8. The first-order valence-electron chi connectivity index (χ1n) is 17.2. The Morgan fingerprint density at radius 2 is 1.81 bits per heavy atom. The molecule has 0 aromatic rings. The molecule has 6 rings (SSSR count). The van der Waals surface area contributed by atoms with Gasteiger partial charge in [0.05, 0.1) is 11.8 Å². The summed E-state index contributed by atoms with van der Waals surface area (Å²) in [6.45, 7) is 11.2. The molecule has 0 aromatic carbocycles. The number of hydrogen-bond acceptors (Lipinski definition) is 7. The molecule has 238 valence electrons. The van der Waals surface area contributed by atoms with Crippen LogP contribution in [0, 0.1) is 34.5 Å². The Kier molecular flexibility index (Phi) is 8.55. The number of nitrogens with zero attached hydrogens (tertiary/aromatic N) is 2. The Morgan fingerprint density at radius 3 is 2.53 bits per heavy atom. The smallest absolute Gasteiger partial charge is 0.436 e. The first-order valence-corrected chi connectivity index (χ1v) is 17.2. The third-order valence-electron chi connectivity index (χ3n) is 12.8. The van der Waals surface area contributed by atoms with Crippen molar-refractivity contribution in [3.8, 4) is 0 Å². The zero-order valence-electron chi connectivity index (χ0n) is 27.0. The van der Waals surface area contributed by atoms with Gasteiger partial charge >= 0.3 is 12.1 Å². The van der Waals surface area contributed by atoms with E-state index in [0.29, 0.717) is 42.4 Å². The van der Waals surface area contributed by atoms with Crippen LogP contribution in [0.15, 0.2) is 16.8 Å². The molecule has 4 saturated carbocycles. The molecule has 0 spiro atoms. The van der Waals surface area contributed by atoms with Crippen LogP contribution in [-0.2, 0) is 19.2 Å². The highest BCUT2D eigenvalue weighted by Crippen LogP contribution is 2.66. The van der Waals surface area contributed by atoms with E-state index in [1.54, 1.807) is 0 Å². The molecule has 1 aliphatic heterocycles. The maximum Gasteiger partial charge on any atom is 0.436 e. The number of carbonyl (C=O) groups is 3. The van der Waals surface area contributed by atoms with Gasteiger partial charge in [0.2, 0.25) is 0 Å². The van der Waals surface area contributed by atoms with Gasteiger partial charge in [0.15, 0.2) is 5.78 Å². The summed E-state index contributed by atoms with van der Waals surface area (Å²) in [6, 6.07) is -0.0903. The summed E-state index contributed by atoms with van der Waals surface area (Å²) in [5, 5.41) is 7.93. The third-order valence-corrected chi connectivity index (χ3v) is 12.8. The third kappa shape index (κ3) is 5.70. The quantitative estimate of drug-likeness (QED) is 0.155. The minimum Gasteiger partial charge on any atom is -0.462 e. The van der Waals surface area contributed by atoms with E-state index in [1.165, 1.54) is 31.3 Å². The molecule has 1 saturated heterocycles. The van der Waals surface area contributed by atoms with Crippen molar-refractivity contribution in [1.82, 2.24) is 10.2 Å². The molecule has 5 aliphatic carbocycles. The molecule has 8 nitrogen and oxygen atoms in total. The molecule has 8 atom stereocenters. The van der Waals surface area contributed by atoms with Crippen molar-refractivity contribution in [1.29, 1.82) is 0 Å². The normalized spacial score (nSPS) is 39.3. The molecule has 2 unspecified atom stereocenters. The molecule has 1 amide bonds. The number of ketones is 1. The average Bonchev–Trinajstić information content (AvgIpc) is 3.54. The maximum atomic E-state index is 13.4. The lowest BCUT2D eigenvalue weighted by atomic mass is 9.46. The lowest BCUT2D eigenvalue weighted by Crippen LogP contribution is -2.51. The van der Waals surface area contributed by atoms with E-state index in [-0.39, 0.29) is 47.1 Å². The van der Waals surface area contributed by atoms with E-state index in [9.17, 15) is 14.4 Å². The highest BCUT2D eigenvalue weighted by Gasteiger charge is 2.59. The first kappa shape index (κ1) is 30.8. The van der Waals surface area contributed by atoms with Crippen LogP contribution in [0.3, 0.4) is 0 Å². The van der Waals surface area contributed by atoms with Gasteiger partial charge in [-0.2, -0.15) is 0 Å². The highest BCUT2D eigenvalue weighted by molar-refractivity contribution is 5.91. The largest absolute Gasteiger partial charge is 0.462 e. The molecular weight excluding hydrogens is 542 g/mol. The number of nitrogens with one attached hydrogen (secondary N) is 1. The summed E-state index contributed by atoms with van der Waals surface area (Å²) >= 11 is 0. The van der Waals surface area contributed by atoms with Crippen LogP contribution in [0.5, 0.6) is 0 Å². The lowest BCUT2D eigenvalue weighted by Gasteiger charge is -2.58. The standard InChI is InChI=1S/C35H53N3O5/c1-21(2)42-32(40)31-14-10-24(36-31)20-38(25-7-6-8-25)33(41)43-37-22(3)28-12-13-29-27-11-9-23-19-26(39)15-17-34(23,4)30(27)16-18-35(28,29)5/h19,21,24-25,27-31,36H,6-18,20H2,1-5H3/b37-22+/t24?,27-,28+,29-,30-,31?,34-,35+/m0/s1. The summed E-state index contributed by atoms with van der Waals surface area (Å²) in [5.41, 5.74) is 2.72. The lowest BCUT2D eigenvalue weighted by molar-refractivity contribution is -0.149. The number of ether oxygens (including phenoxy) is 1. The van der Waals surface area contributed by atoms with Crippen molar-refractivity contribution in [2.45, 2.75) is 142 Å². The first-order chi connectivity index (χ1) is 20.5. The molecule has 0 radical (unpaired) electrons. The number of esters is 1. The molecule has 1 N–H and O–H groups in total. The minimum atomic E-state index is -0.367. The monoisotopic (exact) mass is 595 g/mol. The molecule has 6 aliphatic rings. The maximum absolute atomic E-state index is 13.4. The van der Waals surface area contributed by atoms with Crippen LogP contribution in [-0.4, -0.2) is 59.2 Å². The van der Waals surface area contributed by atoms with E-state index in [0.717, 1.165) is 57.1 Å². The summed E-state index contributed by atoms with van der Waals surface area (Å²) in [5.74, 6) is 2.46. The summed E-state index contributed by atoms with van der Waals surface area (Å²) < 4.78 is 5.40. The summed E-state index contributed by atoms with van der Waals surface area (Å²) in [4.78, 5) is 45.6. The Morgan fingerprint density at radius 1 is 1.02 bits per heavy atom. The van der Waals surface area contributed by atoms with Gasteiger partial charge < -0.3 is 9.64 Å². The van der Waals surface area contributed by atoms with Gasteiger partial charge in [-0.25, -0.2) is 4.79 Å². The van der Waals surface area contributed by atoms with Crippen molar-refractivity contribution in [2.75, 3.05) is 6.54 Å². The van der Waals surface area contributed by atoms with Gasteiger partial charge in [-0.15, -0.1) is 0 Å². The number of allylic oxidation sites excluding steroid dienone is 1. The Balaban J connectivity index is 1.09. The van der Waals surface area contributed by atoms with E-state index in [2.05, 4.69) is 31.2 Å². The molecule has 0 bridgehead atoms. The van der Waals surface area contributed by atoms with E-state index in [4.69, 9.17) is 9.57 Å². The van der Waals surface area contributed by atoms with Crippen LogP contribution in [0.25, 0.3) is 0 Å². The SMILES string of the molecule is C/C(=N\OC(=O)N(CC1CCC(C(=O)OC(C)C)N1)C1CCC1)[C@H]1CC[C@H]2[C@@H]3CCC4=CC(=O)CC[C@]4(C)[C@H]3CC[C@]12C. The Labute approximate surface area is 257 Å². The molecule has 0 aromatic heterocycles. The van der Waals surface area contributed by atoms with Gasteiger partial charge in [-0.3, -0.25) is 19.7 Å². The van der Waals surface area contributed by atoms with Crippen molar-refractivity contribution in [3.05, 3.63) is 11.6 Å². The minimum absolute atomic E-state index is 0.0441. The fraction of sp³-hybridized carbons (Fsp3) is 0.829. The predicted octanol–water partition coefficient (Wildman–Crippen LogP) is 6.57. The van der Waals surface area contributed by atoms with Crippen LogP contribution in [0.4, 0.5) is 4.79 Å². The summed E-state index contributed by atoms with van der Waals surface area (Å²) in [7, 11) is 0. The number of carbonyl (C=O) groups excluding carboxylic acids is 3. The number of hydrogen-bond donors (Lipinski definition) is 1. The van der Waals surface area contributed by atoms with E-state index < -0.39 is 0 Å². The zero-order chi connectivity index (χ0) is 30.5. The fourth-order valence-corrected chi connectivity index (χ4v) is 10.2. The number of rotatable bonds is 7. The topological polar surface area (TPSA) is 97.3 Å². The Hall–Kier alpha value is -2.22. The van der Waals surface area contributed by atoms with Crippen molar-refractivity contribution in [2.24, 2.45) is 39.7 Å². The second kappa shape index (κ2) is 11.9. The average molecular weight is 596 g/mol. The van der Waals surface area contributed by atoms with Crippen LogP contribution in [0.1, 0.15) is 118 Å². The second-order valence-electron chi connectivity index (χ2n) is 15.4. The molecular formula is C35H53N3O5. The predicted molar refractivity (Wildman–Crippen MR) is 165 cm³/mol. The molecule has 8 heteroatoms. The van der Waals surface area contributed by atoms with Crippen molar-refractivity contribution < 1.29 is 24.0 Å². The highest BCUT2D eigenvalue weighted by atomic mass is 16.7. The molecule has 5 fully saturated rings. The van der Waals surface area contributed by atoms with Gasteiger partial charge in [0.1, 0.15) is 6.04 Å². The number of fused-ring (bicyclic) bond motifs is 5. The van der Waals surface area contributed by atoms with Crippen molar-refractivity contribution in [3.63, 3.8) is 0 Å². The van der Waals surface area contributed by atoms with Crippen molar-refractivity contribution >= 4 is 23.6 Å².